The lowest BCUT2D eigenvalue weighted by atomic mass is 9.84. The highest BCUT2D eigenvalue weighted by Crippen LogP contribution is 2.30. The number of rotatable bonds is 5. The van der Waals surface area contributed by atoms with E-state index in [1.807, 2.05) is 14.1 Å². The van der Waals surface area contributed by atoms with Gasteiger partial charge in [0.15, 0.2) is 0 Å². The maximum absolute atomic E-state index is 5.61. The third kappa shape index (κ3) is 5.83. The Labute approximate surface area is 101 Å². The standard InChI is InChI=1S/C13H28N2O/c1-13(2,3)8-12-6-7-15(9-12)11-16-10-14(4)5/h12H,6-11H2,1-5H3. The first kappa shape index (κ1) is 13.9. The summed E-state index contributed by atoms with van der Waals surface area (Å²) in [5.74, 6) is 0.864. The van der Waals surface area contributed by atoms with Crippen LogP contribution < -0.4 is 0 Å². The third-order valence-corrected chi connectivity index (χ3v) is 2.89. The highest BCUT2D eigenvalue weighted by molar-refractivity contribution is 4.78. The van der Waals surface area contributed by atoms with Crippen LogP contribution >= 0.6 is 0 Å². The van der Waals surface area contributed by atoms with Gasteiger partial charge in [-0.2, -0.15) is 0 Å². The van der Waals surface area contributed by atoms with Gasteiger partial charge in [-0.1, -0.05) is 20.8 Å². The van der Waals surface area contributed by atoms with E-state index in [1.54, 1.807) is 0 Å². The van der Waals surface area contributed by atoms with Gasteiger partial charge in [0.25, 0.3) is 0 Å². The molecule has 0 amide bonds. The monoisotopic (exact) mass is 228 g/mol. The molecule has 3 nitrogen and oxygen atoms in total. The summed E-state index contributed by atoms with van der Waals surface area (Å²) in [6.07, 6.45) is 2.67. The van der Waals surface area contributed by atoms with Crippen LogP contribution in [0.5, 0.6) is 0 Å². The lowest BCUT2D eigenvalue weighted by molar-refractivity contribution is -0.00792. The average Bonchev–Trinajstić information content (AvgIpc) is 2.48. The lowest BCUT2D eigenvalue weighted by Gasteiger charge is -2.23. The van der Waals surface area contributed by atoms with Gasteiger partial charge in [-0.15, -0.1) is 0 Å². The maximum Gasteiger partial charge on any atom is 0.101 e. The summed E-state index contributed by atoms with van der Waals surface area (Å²) in [4.78, 5) is 4.49. The van der Waals surface area contributed by atoms with Crippen LogP contribution in [0.2, 0.25) is 0 Å². The van der Waals surface area contributed by atoms with Crippen LogP contribution in [0.1, 0.15) is 33.6 Å². The third-order valence-electron chi connectivity index (χ3n) is 2.89. The molecule has 3 heteroatoms. The van der Waals surface area contributed by atoms with Gasteiger partial charge in [-0.05, 0) is 38.3 Å². The van der Waals surface area contributed by atoms with E-state index >= 15 is 0 Å². The Morgan fingerprint density at radius 3 is 2.56 bits per heavy atom. The van der Waals surface area contributed by atoms with Crippen molar-refractivity contribution in [3.8, 4) is 0 Å². The predicted molar refractivity (Wildman–Crippen MR) is 68.3 cm³/mol. The Balaban J connectivity index is 2.15. The summed E-state index contributed by atoms with van der Waals surface area (Å²) in [6.45, 7) is 10.9. The summed E-state index contributed by atoms with van der Waals surface area (Å²) in [5, 5.41) is 0. The van der Waals surface area contributed by atoms with E-state index in [2.05, 4.69) is 30.6 Å². The minimum Gasteiger partial charge on any atom is -0.351 e. The fourth-order valence-electron chi connectivity index (χ4n) is 2.42. The van der Waals surface area contributed by atoms with E-state index in [1.165, 1.54) is 25.9 Å². The van der Waals surface area contributed by atoms with E-state index < -0.39 is 0 Å². The number of nitrogens with zero attached hydrogens (tertiary/aromatic N) is 2. The van der Waals surface area contributed by atoms with Crippen LogP contribution in [0.15, 0.2) is 0 Å². The normalized spacial score (nSPS) is 23.2. The second-order valence-electron chi connectivity index (χ2n) is 6.54. The van der Waals surface area contributed by atoms with Crippen LogP contribution in [0, 0.1) is 11.3 Å². The van der Waals surface area contributed by atoms with Crippen LogP contribution in [0.4, 0.5) is 0 Å². The van der Waals surface area contributed by atoms with E-state index in [9.17, 15) is 0 Å². The van der Waals surface area contributed by atoms with Crippen molar-refractivity contribution in [1.29, 1.82) is 0 Å². The molecule has 0 radical (unpaired) electrons. The lowest BCUT2D eigenvalue weighted by Crippen LogP contribution is -2.27. The molecule has 1 rings (SSSR count). The molecule has 1 aliphatic rings. The van der Waals surface area contributed by atoms with Crippen LogP contribution in [0.3, 0.4) is 0 Å². The summed E-state index contributed by atoms with van der Waals surface area (Å²) < 4.78 is 5.61. The molecule has 0 N–H and O–H groups in total. The predicted octanol–water partition coefficient (Wildman–Crippen LogP) is 2.24. The van der Waals surface area contributed by atoms with Crippen molar-refractivity contribution < 1.29 is 4.74 Å². The van der Waals surface area contributed by atoms with E-state index in [0.29, 0.717) is 5.41 Å². The molecule has 16 heavy (non-hydrogen) atoms. The van der Waals surface area contributed by atoms with E-state index in [0.717, 1.165) is 19.4 Å². The van der Waals surface area contributed by atoms with Gasteiger partial charge in [0, 0.05) is 13.1 Å². The van der Waals surface area contributed by atoms with Crippen molar-refractivity contribution >= 4 is 0 Å². The van der Waals surface area contributed by atoms with Crippen molar-refractivity contribution in [2.45, 2.75) is 33.6 Å². The van der Waals surface area contributed by atoms with Crippen LogP contribution in [-0.4, -0.2) is 50.4 Å². The van der Waals surface area contributed by atoms with Crippen LogP contribution in [0.25, 0.3) is 0 Å². The highest BCUT2D eigenvalue weighted by atomic mass is 16.5. The van der Waals surface area contributed by atoms with Crippen molar-refractivity contribution in [2.75, 3.05) is 40.6 Å². The highest BCUT2D eigenvalue weighted by Gasteiger charge is 2.26. The molecule has 1 heterocycles. The molecule has 0 aliphatic carbocycles. The van der Waals surface area contributed by atoms with Crippen molar-refractivity contribution in [2.24, 2.45) is 11.3 Å². The molecule has 1 unspecified atom stereocenters. The Kier molecular flexibility index (Phi) is 5.22. The minimum absolute atomic E-state index is 0.463. The summed E-state index contributed by atoms with van der Waals surface area (Å²) in [7, 11) is 4.07. The van der Waals surface area contributed by atoms with Gasteiger partial charge < -0.3 is 4.74 Å². The van der Waals surface area contributed by atoms with E-state index in [4.69, 9.17) is 4.74 Å². The Bertz CT molecular complexity index is 199. The van der Waals surface area contributed by atoms with Gasteiger partial charge >= 0.3 is 0 Å². The maximum atomic E-state index is 5.61. The van der Waals surface area contributed by atoms with Gasteiger partial charge in [0.1, 0.15) is 13.5 Å². The zero-order valence-electron chi connectivity index (χ0n) is 11.6. The minimum atomic E-state index is 0.463. The summed E-state index contributed by atoms with van der Waals surface area (Å²) in [6, 6.07) is 0. The molecule has 1 fully saturated rings. The molecule has 0 aromatic rings. The first-order valence-electron chi connectivity index (χ1n) is 6.31. The first-order valence-corrected chi connectivity index (χ1v) is 6.31. The molecule has 0 spiro atoms. The zero-order valence-corrected chi connectivity index (χ0v) is 11.6. The van der Waals surface area contributed by atoms with Crippen LogP contribution in [-0.2, 0) is 4.74 Å². The van der Waals surface area contributed by atoms with Gasteiger partial charge in [0.2, 0.25) is 0 Å². The Morgan fingerprint density at radius 2 is 2.00 bits per heavy atom. The topological polar surface area (TPSA) is 15.7 Å². The number of hydrogen-bond acceptors (Lipinski definition) is 3. The molecular weight excluding hydrogens is 200 g/mol. The molecule has 0 aromatic carbocycles. The molecule has 0 saturated carbocycles. The van der Waals surface area contributed by atoms with Crippen molar-refractivity contribution in [1.82, 2.24) is 9.80 Å². The molecular formula is C13H28N2O. The van der Waals surface area contributed by atoms with Crippen molar-refractivity contribution in [3.05, 3.63) is 0 Å². The number of hydrogen-bond donors (Lipinski definition) is 0. The van der Waals surface area contributed by atoms with Gasteiger partial charge in [0.05, 0.1) is 0 Å². The zero-order chi connectivity index (χ0) is 12.2. The second kappa shape index (κ2) is 5.99. The fraction of sp³-hybridized carbons (Fsp3) is 1.00. The number of ether oxygens (including phenoxy) is 1. The first-order chi connectivity index (χ1) is 7.37. The Morgan fingerprint density at radius 1 is 1.31 bits per heavy atom. The van der Waals surface area contributed by atoms with Crippen molar-refractivity contribution in [3.63, 3.8) is 0 Å². The quantitative estimate of drug-likeness (QED) is 0.671. The average molecular weight is 228 g/mol. The Hall–Kier alpha value is -0.120. The largest absolute Gasteiger partial charge is 0.351 e. The fourth-order valence-corrected chi connectivity index (χ4v) is 2.42. The summed E-state index contributed by atoms with van der Waals surface area (Å²) >= 11 is 0. The molecule has 1 aliphatic heterocycles. The molecule has 96 valence electrons. The smallest absolute Gasteiger partial charge is 0.101 e. The molecule has 1 atom stereocenters. The van der Waals surface area contributed by atoms with Gasteiger partial charge in [-0.3, -0.25) is 9.80 Å². The SMILES string of the molecule is CN(C)COCN1CCC(CC(C)(C)C)C1. The van der Waals surface area contributed by atoms with Gasteiger partial charge in [-0.25, -0.2) is 0 Å². The molecule has 0 bridgehead atoms. The summed E-state index contributed by atoms with van der Waals surface area (Å²) in [5.41, 5.74) is 0.463. The molecule has 1 saturated heterocycles. The second-order valence-corrected chi connectivity index (χ2v) is 6.54. The molecule has 0 aromatic heterocycles. The van der Waals surface area contributed by atoms with E-state index in [-0.39, 0.29) is 0 Å². The number of likely N-dealkylation sites (tertiary alicyclic amines) is 1.